The molecule has 0 atom stereocenters. The maximum atomic E-state index is 6.17. The number of rotatable bonds is 14. The summed E-state index contributed by atoms with van der Waals surface area (Å²) in [6, 6.07) is 0.887. The van der Waals surface area contributed by atoms with Crippen molar-refractivity contribution in [3.8, 4) is 0 Å². The predicted molar refractivity (Wildman–Crippen MR) is 95.0 cm³/mol. The Bertz CT molecular complexity index is 237. The van der Waals surface area contributed by atoms with Gasteiger partial charge in [0.2, 0.25) is 0 Å². The van der Waals surface area contributed by atoms with Crippen LogP contribution >= 0.6 is 0 Å². The molecule has 0 saturated carbocycles. The second-order valence-electron chi connectivity index (χ2n) is 6.53. The van der Waals surface area contributed by atoms with Gasteiger partial charge in [-0.1, -0.05) is 6.42 Å². The molecule has 0 aromatic heterocycles. The fourth-order valence-electron chi connectivity index (χ4n) is 2.33. The molecule has 0 fully saturated rings. The van der Waals surface area contributed by atoms with Crippen molar-refractivity contribution < 1.29 is 13.3 Å². The third kappa shape index (κ3) is 11.6. The van der Waals surface area contributed by atoms with Crippen LogP contribution in [-0.2, 0) is 13.3 Å². The molecule has 0 bridgehead atoms. The molecular formula is C16H38N2O3Si. The van der Waals surface area contributed by atoms with Crippen LogP contribution in [0.3, 0.4) is 0 Å². The van der Waals surface area contributed by atoms with Gasteiger partial charge in [-0.15, -0.1) is 0 Å². The summed E-state index contributed by atoms with van der Waals surface area (Å²) in [4.78, 5) is 0. The van der Waals surface area contributed by atoms with E-state index >= 15 is 0 Å². The van der Waals surface area contributed by atoms with Crippen molar-refractivity contribution in [3.63, 3.8) is 0 Å². The third-order valence-corrected chi connectivity index (χ3v) is 6.36. The highest BCUT2D eigenvalue weighted by Crippen LogP contribution is 2.24. The van der Waals surface area contributed by atoms with E-state index in [-0.39, 0.29) is 18.3 Å². The molecule has 22 heavy (non-hydrogen) atoms. The molecule has 6 heteroatoms. The first kappa shape index (κ1) is 22.0. The van der Waals surface area contributed by atoms with Gasteiger partial charge >= 0.3 is 8.80 Å². The van der Waals surface area contributed by atoms with Crippen molar-refractivity contribution in [2.24, 2.45) is 5.73 Å². The van der Waals surface area contributed by atoms with Crippen LogP contribution in [0.4, 0.5) is 0 Å². The van der Waals surface area contributed by atoms with Gasteiger partial charge in [0, 0.05) is 37.4 Å². The Morgan fingerprint density at radius 1 is 0.773 bits per heavy atom. The van der Waals surface area contributed by atoms with E-state index < -0.39 is 8.80 Å². The minimum atomic E-state index is -2.60. The number of hydrogen-bond donors (Lipinski definition) is 2. The van der Waals surface area contributed by atoms with Crippen molar-refractivity contribution in [1.82, 2.24) is 5.32 Å². The van der Waals surface area contributed by atoms with E-state index in [4.69, 9.17) is 19.0 Å². The summed E-state index contributed by atoms with van der Waals surface area (Å²) in [7, 11) is -2.60. The van der Waals surface area contributed by atoms with Gasteiger partial charge in [-0.05, 0) is 60.9 Å². The zero-order valence-corrected chi connectivity index (χ0v) is 16.5. The Labute approximate surface area is 138 Å². The molecule has 5 nitrogen and oxygen atoms in total. The summed E-state index contributed by atoms with van der Waals surface area (Å²) >= 11 is 0. The van der Waals surface area contributed by atoms with Gasteiger partial charge in [0.15, 0.2) is 0 Å². The highest BCUT2D eigenvalue weighted by molar-refractivity contribution is 6.60. The lowest BCUT2D eigenvalue weighted by Gasteiger charge is -2.34. The van der Waals surface area contributed by atoms with Crippen LogP contribution < -0.4 is 11.1 Å². The molecular weight excluding hydrogens is 296 g/mol. The number of hydrogen-bond acceptors (Lipinski definition) is 5. The van der Waals surface area contributed by atoms with E-state index in [1.807, 2.05) is 41.5 Å². The molecule has 0 unspecified atom stereocenters. The average Bonchev–Trinajstić information content (AvgIpc) is 2.35. The van der Waals surface area contributed by atoms with Gasteiger partial charge in [0.1, 0.15) is 0 Å². The lowest BCUT2D eigenvalue weighted by molar-refractivity contribution is 0.00279. The topological polar surface area (TPSA) is 65.7 Å². The quantitative estimate of drug-likeness (QED) is 0.378. The van der Waals surface area contributed by atoms with Gasteiger partial charge in [0.05, 0.1) is 0 Å². The standard InChI is InChI=1S/C16H38N2O3Si/c1-14(2)19-22(20-15(3)4,21-16(5)6)13-9-7-8-11-18-12-10-17/h14-16,18H,7-13,17H2,1-6H3. The van der Waals surface area contributed by atoms with E-state index in [0.29, 0.717) is 6.54 Å². The number of unbranched alkanes of at least 4 members (excludes halogenated alkanes) is 2. The van der Waals surface area contributed by atoms with Gasteiger partial charge in [-0.25, -0.2) is 0 Å². The maximum absolute atomic E-state index is 6.17. The number of nitrogens with one attached hydrogen (secondary N) is 1. The maximum Gasteiger partial charge on any atom is 0.501 e. The first-order valence-corrected chi connectivity index (χ1v) is 10.7. The monoisotopic (exact) mass is 334 g/mol. The van der Waals surface area contributed by atoms with Crippen LogP contribution in [0.15, 0.2) is 0 Å². The summed E-state index contributed by atoms with van der Waals surface area (Å²) in [5.41, 5.74) is 5.46. The Balaban J connectivity index is 4.41. The van der Waals surface area contributed by atoms with Crippen molar-refractivity contribution in [3.05, 3.63) is 0 Å². The van der Waals surface area contributed by atoms with E-state index in [1.54, 1.807) is 0 Å². The van der Waals surface area contributed by atoms with Gasteiger partial charge < -0.3 is 24.3 Å². The number of nitrogens with two attached hydrogens (primary N) is 1. The van der Waals surface area contributed by atoms with Crippen LogP contribution in [0.25, 0.3) is 0 Å². The van der Waals surface area contributed by atoms with E-state index in [1.165, 1.54) is 0 Å². The minimum Gasteiger partial charge on any atom is -0.371 e. The zero-order valence-electron chi connectivity index (χ0n) is 15.5. The van der Waals surface area contributed by atoms with Crippen LogP contribution in [-0.4, -0.2) is 46.8 Å². The highest BCUT2D eigenvalue weighted by Gasteiger charge is 2.43. The lowest BCUT2D eigenvalue weighted by atomic mass is 10.2. The molecule has 3 N–H and O–H groups in total. The smallest absolute Gasteiger partial charge is 0.371 e. The summed E-state index contributed by atoms with van der Waals surface area (Å²) in [5.74, 6) is 0. The SMILES string of the molecule is CC(C)O[Si](CCCCCNCCN)(OC(C)C)OC(C)C. The molecule has 0 rings (SSSR count). The molecule has 134 valence electrons. The first-order valence-electron chi connectivity index (χ1n) is 8.75. The Hall–Kier alpha value is 0.0169. The van der Waals surface area contributed by atoms with E-state index in [2.05, 4.69) is 5.32 Å². The summed E-state index contributed by atoms with van der Waals surface area (Å²) in [6.45, 7) is 14.9. The van der Waals surface area contributed by atoms with Gasteiger partial charge in [0.25, 0.3) is 0 Å². The van der Waals surface area contributed by atoms with Crippen LogP contribution in [0, 0.1) is 0 Å². The zero-order chi connectivity index (χ0) is 17.0. The van der Waals surface area contributed by atoms with Gasteiger partial charge in [-0.3, -0.25) is 0 Å². The summed E-state index contributed by atoms with van der Waals surface area (Å²) < 4.78 is 18.5. The molecule has 0 spiro atoms. The summed E-state index contributed by atoms with van der Waals surface area (Å²) in [6.07, 6.45) is 3.73. The minimum absolute atomic E-state index is 0.121. The Morgan fingerprint density at radius 2 is 1.27 bits per heavy atom. The average molecular weight is 335 g/mol. The van der Waals surface area contributed by atoms with Crippen molar-refractivity contribution in [2.45, 2.75) is 85.2 Å². The van der Waals surface area contributed by atoms with Gasteiger partial charge in [-0.2, -0.15) is 0 Å². The molecule has 0 heterocycles. The fraction of sp³-hybridized carbons (Fsp3) is 1.00. The molecule has 0 aromatic carbocycles. The van der Waals surface area contributed by atoms with Crippen LogP contribution in [0.5, 0.6) is 0 Å². The second kappa shape index (κ2) is 12.4. The second-order valence-corrected chi connectivity index (χ2v) is 9.11. The van der Waals surface area contributed by atoms with Crippen molar-refractivity contribution >= 4 is 8.80 Å². The molecule has 0 saturated heterocycles. The van der Waals surface area contributed by atoms with Crippen LogP contribution in [0.2, 0.25) is 6.04 Å². The van der Waals surface area contributed by atoms with E-state index in [9.17, 15) is 0 Å². The molecule has 0 radical (unpaired) electrons. The van der Waals surface area contributed by atoms with Crippen molar-refractivity contribution in [2.75, 3.05) is 19.6 Å². The Kier molecular flexibility index (Phi) is 12.5. The molecule has 0 amide bonds. The summed E-state index contributed by atoms with van der Waals surface area (Å²) in [5, 5.41) is 3.32. The molecule has 0 aliphatic carbocycles. The third-order valence-electron chi connectivity index (χ3n) is 2.90. The highest BCUT2D eigenvalue weighted by atomic mass is 28.4. The Morgan fingerprint density at radius 3 is 1.68 bits per heavy atom. The normalized spacial score (nSPS) is 12.8. The predicted octanol–water partition coefficient (Wildman–Crippen LogP) is 2.92. The largest absolute Gasteiger partial charge is 0.501 e. The van der Waals surface area contributed by atoms with E-state index in [0.717, 1.165) is 38.4 Å². The van der Waals surface area contributed by atoms with Crippen LogP contribution in [0.1, 0.15) is 60.8 Å². The molecule has 0 aliphatic heterocycles. The molecule has 0 aromatic rings. The lowest BCUT2D eigenvalue weighted by Crippen LogP contribution is -2.50. The van der Waals surface area contributed by atoms with Crippen molar-refractivity contribution in [1.29, 1.82) is 0 Å². The fourth-order valence-corrected chi connectivity index (χ4v) is 5.69. The first-order chi connectivity index (χ1) is 10.3. The molecule has 0 aliphatic rings.